The van der Waals surface area contributed by atoms with Gasteiger partial charge < -0.3 is 10.1 Å². The molecule has 0 spiro atoms. The second kappa shape index (κ2) is 9.83. The monoisotopic (exact) mass is 481 g/mol. The lowest BCUT2D eigenvalue weighted by molar-refractivity contribution is 0.0642. The van der Waals surface area contributed by atoms with Crippen molar-refractivity contribution >= 4 is 17.7 Å². The normalized spacial score (nSPS) is 12.5. The van der Waals surface area contributed by atoms with E-state index in [4.69, 9.17) is 4.74 Å². The fourth-order valence-electron chi connectivity index (χ4n) is 4.21. The molecule has 0 saturated carbocycles. The number of benzene rings is 3. The second-order valence-electron chi connectivity index (χ2n) is 8.37. The summed E-state index contributed by atoms with van der Waals surface area (Å²) in [6.07, 6.45) is 3.13. The predicted molar refractivity (Wildman–Crippen MR) is 130 cm³/mol. The number of fused-ring (bicyclic) bond motifs is 1. The molecule has 1 aromatic heterocycles. The van der Waals surface area contributed by atoms with E-state index in [1.54, 1.807) is 53.5 Å². The van der Waals surface area contributed by atoms with Gasteiger partial charge in [-0.3, -0.25) is 19.3 Å². The molecule has 1 aliphatic heterocycles. The van der Waals surface area contributed by atoms with Gasteiger partial charge in [0.2, 0.25) is 0 Å². The number of nitrogens with zero attached hydrogens (tertiary/aromatic N) is 4. The number of amides is 3. The highest BCUT2D eigenvalue weighted by atomic mass is 16.5. The number of imide groups is 1. The summed E-state index contributed by atoms with van der Waals surface area (Å²) in [6, 6.07) is 19.6. The van der Waals surface area contributed by atoms with Crippen LogP contribution in [-0.2, 0) is 19.6 Å². The zero-order valence-corrected chi connectivity index (χ0v) is 19.5. The van der Waals surface area contributed by atoms with Crippen molar-refractivity contribution in [3.8, 4) is 5.75 Å². The highest BCUT2D eigenvalue weighted by Crippen LogP contribution is 2.26. The number of carbonyl (C=O) groups is 3. The first-order chi connectivity index (χ1) is 17.5. The second-order valence-corrected chi connectivity index (χ2v) is 8.37. The Kier molecular flexibility index (Phi) is 6.27. The number of methoxy groups -OCH3 is 1. The van der Waals surface area contributed by atoms with Gasteiger partial charge in [0.25, 0.3) is 17.7 Å². The Balaban J connectivity index is 1.29. The quantitative estimate of drug-likeness (QED) is 0.388. The van der Waals surface area contributed by atoms with Gasteiger partial charge in [0.1, 0.15) is 18.4 Å². The molecule has 0 atom stereocenters. The molecule has 0 saturated heterocycles. The van der Waals surface area contributed by atoms with E-state index in [0.717, 1.165) is 11.1 Å². The van der Waals surface area contributed by atoms with Gasteiger partial charge in [0.05, 0.1) is 36.9 Å². The Bertz CT molecular complexity index is 1410. The minimum atomic E-state index is -0.344. The number of hydrogen-bond donors (Lipinski definition) is 1. The maximum atomic E-state index is 13.1. The molecule has 2 heterocycles. The SMILES string of the molecule is COc1ccc(CN2C(=O)c3ccccc3C2=O)cc1C(=O)NCc1cccc(Cn2cncn2)c1. The first-order valence-electron chi connectivity index (χ1n) is 11.3. The van der Waals surface area contributed by atoms with E-state index >= 15 is 0 Å². The molecule has 180 valence electrons. The van der Waals surface area contributed by atoms with E-state index in [1.165, 1.54) is 18.3 Å². The molecule has 4 aromatic rings. The van der Waals surface area contributed by atoms with Crippen LogP contribution in [0.2, 0.25) is 0 Å². The van der Waals surface area contributed by atoms with Crippen molar-refractivity contribution in [2.24, 2.45) is 0 Å². The number of aromatic nitrogens is 3. The lowest BCUT2D eigenvalue weighted by Gasteiger charge is -2.16. The molecule has 0 aliphatic carbocycles. The summed E-state index contributed by atoms with van der Waals surface area (Å²) in [5.41, 5.74) is 3.71. The topological polar surface area (TPSA) is 106 Å². The van der Waals surface area contributed by atoms with E-state index < -0.39 is 0 Å². The van der Waals surface area contributed by atoms with Crippen LogP contribution < -0.4 is 10.1 Å². The zero-order valence-electron chi connectivity index (χ0n) is 19.5. The van der Waals surface area contributed by atoms with Crippen LogP contribution in [0, 0.1) is 0 Å². The number of nitrogens with one attached hydrogen (secondary N) is 1. The average molecular weight is 482 g/mol. The van der Waals surface area contributed by atoms with Crippen molar-refractivity contribution in [2.45, 2.75) is 19.6 Å². The van der Waals surface area contributed by atoms with E-state index in [-0.39, 0.29) is 24.3 Å². The first kappa shape index (κ1) is 23.0. The molecular formula is C27H23N5O4. The maximum Gasteiger partial charge on any atom is 0.261 e. The molecule has 1 N–H and O–H groups in total. The Labute approximate surface area is 207 Å². The van der Waals surface area contributed by atoms with Gasteiger partial charge in [-0.05, 0) is 41.0 Å². The highest BCUT2D eigenvalue weighted by molar-refractivity contribution is 6.21. The van der Waals surface area contributed by atoms with Crippen LogP contribution in [0.5, 0.6) is 5.75 Å². The fraction of sp³-hybridized carbons (Fsp3) is 0.148. The van der Waals surface area contributed by atoms with Crippen molar-refractivity contribution < 1.29 is 19.1 Å². The number of hydrogen-bond acceptors (Lipinski definition) is 6. The van der Waals surface area contributed by atoms with Crippen molar-refractivity contribution in [2.75, 3.05) is 7.11 Å². The van der Waals surface area contributed by atoms with Gasteiger partial charge in [-0.1, -0.05) is 42.5 Å². The highest BCUT2D eigenvalue weighted by Gasteiger charge is 2.35. The van der Waals surface area contributed by atoms with Crippen LogP contribution in [0.15, 0.2) is 79.4 Å². The van der Waals surface area contributed by atoms with Crippen LogP contribution in [0.25, 0.3) is 0 Å². The van der Waals surface area contributed by atoms with Gasteiger partial charge >= 0.3 is 0 Å². The fourth-order valence-corrected chi connectivity index (χ4v) is 4.21. The Morgan fingerprint density at radius 3 is 2.31 bits per heavy atom. The van der Waals surface area contributed by atoms with Gasteiger partial charge in [0.15, 0.2) is 0 Å². The minimum Gasteiger partial charge on any atom is -0.496 e. The summed E-state index contributed by atoms with van der Waals surface area (Å²) in [7, 11) is 1.49. The molecule has 5 rings (SSSR count). The van der Waals surface area contributed by atoms with Crippen LogP contribution in [0.3, 0.4) is 0 Å². The van der Waals surface area contributed by atoms with E-state index in [9.17, 15) is 14.4 Å². The standard InChI is InChI=1S/C27H23N5O4/c1-36-24-10-9-20(15-32-26(34)21-7-2-3-8-22(21)27(32)35)12-23(24)25(33)29-13-18-5-4-6-19(11-18)14-31-17-28-16-30-31/h2-12,16-17H,13-15H2,1H3,(H,29,33). The Hall–Kier alpha value is -4.79. The van der Waals surface area contributed by atoms with Gasteiger partial charge in [0, 0.05) is 6.54 Å². The summed E-state index contributed by atoms with van der Waals surface area (Å²) >= 11 is 0. The lowest BCUT2D eigenvalue weighted by atomic mass is 10.1. The van der Waals surface area contributed by atoms with Crippen molar-refractivity contribution in [3.05, 3.63) is 113 Å². The molecule has 0 unspecified atom stereocenters. The maximum absolute atomic E-state index is 13.1. The molecular weight excluding hydrogens is 458 g/mol. The van der Waals surface area contributed by atoms with Crippen LogP contribution in [0.1, 0.15) is 47.8 Å². The van der Waals surface area contributed by atoms with Gasteiger partial charge in [-0.25, -0.2) is 9.67 Å². The molecule has 3 amide bonds. The number of rotatable bonds is 8. The van der Waals surface area contributed by atoms with Crippen LogP contribution in [0.4, 0.5) is 0 Å². The largest absolute Gasteiger partial charge is 0.496 e. The first-order valence-corrected chi connectivity index (χ1v) is 11.3. The van der Waals surface area contributed by atoms with E-state index in [0.29, 0.717) is 41.1 Å². The average Bonchev–Trinajstić information content (AvgIpc) is 3.50. The molecule has 36 heavy (non-hydrogen) atoms. The minimum absolute atomic E-state index is 0.0565. The third kappa shape index (κ3) is 4.58. The van der Waals surface area contributed by atoms with Crippen LogP contribution in [-0.4, -0.2) is 44.5 Å². The summed E-state index contributed by atoms with van der Waals surface area (Å²) in [4.78, 5) is 43.7. The number of carbonyl (C=O) groups excluding carboxylic acids is 3. The molecule has 0 fully saturated rings. The van der Waals surface area contributed by atoms with E-state index in [2.05, 4.69) is 15.4 Å². The summed E-state index contributed by atoms with van der Waals surface area (Å²) in [6.45, 7) is 0.951. The number of ether oxygens (including phenoxy) is 1. The molecule has 0 radical (unpaired) electrons. The lowest BCUT2D eigenvalue weighted by Crippen LogP contribution is -2.29. The van der Waals surface area contributed by atoms with Crippen LogP contribution >= 0.6 is 0 Å². The van der Waals surface area contributed by atoms with Crippen molar-refractivity contribution in [1.82, 2.24) is 25.0 Å². The smallest absolute Gasteiger partial charge is 0.261 e. The van der Waals surface area contributed by atoms with Crippen molar-refractivity contribution in [1.29, 1.82) is 0 Å². The molecule has 9 heteroatoms. The van der Waals surface area contributed by atoms with Gasteiger partial charge in [-0.15, -0.1) is 0 Å². The zero-order chi connectivity index (χ0) is 25.1. The van der Waals surface area contributed by atoms with Gasteiger partial charge in [-0.2, -0.15) is 5.10 Å². The third-order valence-electron chi connectivity index (χ3n) is 5.98. The Morgan fingerprint density at radius 2 is 1.61 bits per heavy atom. The van der Waals surface area contributed by atoms with Crippen molar-refractivity contribution in [3.63, 3.8) is 0 Å². The Morgan fingerprint density at radius 1 is 0.889 bits per heavy atom. The molecule has 0 bridgehead atoms. The molecule has 9 nitrogen and oxygen atoms in total. The summed E-state index contributed by atoms with van der Waals surface area (Å²) in [5.74, 6) is -0.609. The molecule has 3 aromatic carbocycles. The third-order valence-corrected chi connectivity index (χ3v) is 5.98. The summed E-state index contributed by atoms with van der Waals surface area (Å²) < 4.78 is 7.11. The molecule has 1 aliphatic rings. The summed E-state index contributed by atoms with van der Waals surface area (Å²) in [5, 5.41) is 7.04. The van der Waals surface area contributed by atoms with E-state index in [1.807, 2.05) is 24.3 Å². The predicted octanol–water partition coefficient (Wildman–Crippen LogP) is 3.06.